The highest BCUT2D eigenvalue weighted by Crippen LogP contribution is 2.40. The zero-order valence-electron chi connectivity index (χ0n) is 14.1. The van der Waals surface area contributed by atoms with Crippen molar-refractivity contribution in [3.63, 3.8) is 0 Å². The van der Waals surface area contributed by atoms with Gasteiger partial charge in [-0.3, -0.25) is 15.6 Å². The van der Waals surface area contributed by atoms with Gasteiger partial charge in [0.2, 0.25) is 0 Å². The Bertz CT molecular complexity index is 743. The first-order valence-corrected chi connectivity index (χ1v) is 8.80. The molecule has 130 valence electrons. The number of nitrogens with one attached hydrogen (secondary N) is 3. The van der Waals surface area contributed by atoms with Gasteiger partial charge in [0.15, 0.2) is 10.9 Å². The molecule has 3 N–H and O–H groups in total. The standard InChI is InChI=1S/C16H21N3O3S2/c1-5-17-16(23)19-18-15(20)14-13(22-9(2)3)11-8-10(21-4)6-7-12(11)24-14/h6-9H,5H2,1-4H3,(H,18,20)(H2,17,19,23). The number of carbonyl (C=O) groups is 1. The molecule has 0 aliphatic heterocycles. The van der Waals surface area contributed by atoms with Crippen LogP contribution in [0, 0.1) is 0 Å². The monoisotopic (exact) mass is 367 g/mol. The molecule has 24 heavy (non-hydrogen) atoms. The van der Waals surface area contributed by atoms with Crippen molar-refractivity contribution >= 4 is 44.7 Å². The number of hydrogen-bond donors (Lipinski definition) is 3. The molecular formula is C16H21N3O3S2. The number of carbonyl (C=O) groups excluding carboxylic acids is 1. The van der Waals surface area contributed by atoms with Crippen LogP contribution >= 0.6 is 23.6 Å². The molecule has 6 nitrogen and oxygen atoms in total. The quantitative estimate of drug-likeness (QED) is 0.558. The Kier molecular flexibility index (Phi) is 6.22. The average Bonchev–Trinajstić information content (AvgIpc) is 2.90. The van der Waals surface area contributed by atoms with Crippen LogP contribution in [-0.4, -0.2) is 30.8 Å². The molecule has 2 aromatic rings. The maximum atomic E-state index is 12.5. The molecule has 1 aromatic carbocycles. The number of benzene rings is 1. The fourth-order valence-corrected chi connectivity index (χ4v) is 3.27. The first-order chi connectivity index (χ1) is 11.5. The Morgan fingerprint density at radius 2 is 2.08 bits per heavy atom. The summed E-state index contributed by atoms with van der Waals surface area (Å²) in [6.07, 6.45) is -0.0589. The van der Waals surface area contributed by atoms with Crippen LogP contribution in [0.3, 0.4) is 0 Å². The second kappa shape index (κ2) is 8.16. The van der Waals surface area contributed by atoms with Crippen molar-refractivity contribution in [3.05, 3.63) is 23.1 Å². The number of hydrogen-bond acceptors (Lipinski definition) is 5. The maximum absolute atomic E-state index is 12.5. The average molecular weight is 367 g/mol. The molecule has 0 saturated heterocycles. The first-order valence-electron chi connectivity index (χ1n) is 7.57. The summed E-state index contributed by atoms with van der Waals surface area (Å²) in [5, 5.41) is 4.12. The maximum Gasteiger partial charge on any atom is 0.283 e. The van der Waals surface area contributed by atoms with Crippen LogP contribution in [0.4, 0.5) is 0 Å². The van der Waals surface area contributed by atoms with Crippen molar-refractivity contribution in [2.24, 2.45) is 0 Å². The van der Waals surface area contributed by atoms with E-state index in [9.17, 15) is 4.79 Å². The van der Waals surface area contributed by atoms with E-state index in [1.165, 1.54) is 11.3 Å². The normalized spacial score (nSPS) is 10.5. The topological polar surface area (TPSA) is 71.6 Å². The van der Waals surface area contributed by atoms with E-state index in [0.717, 1.165) is 10.1 Å². The number of ether oxygens (including phenoxy) is 2. The SMILES string of the molecule is CCNC(=S)NNC(=O)c1sc2ccc(OC)cc2c1OC(C)C. The third-order valence-electron chi connectivity index (χ3n) is 3.04. The van der Waals surface area contributed by atoms with Crippen LogP contribution in [0.2, 0.25) is 0 Å². The van der Waals surface area contributed by atoms with E-state index in [0.29, 0.717) is 28.0 Å². The molecule has 2 rings (SSSR count). The lowest BCUT2D eigenvalue weighted by molar-refractivity contribution is 0.0943. The van der Waals surface area contributed by atoms with Crippen molar-refractivity contribution in [3.8, 4) is 11.5 Å². The second-order valence-corrected chi connectivity index (χ2v) is 6.69. The highest BCUT2D eigenvalue weighted by atomic mass is 32.1. The van der Waals surface area contributed by atoms with E-state index >= 15 is 0 Å². The first kappa shape index (κ1) is 18.3. The molecular weight excluding hydrogens is 346 g/mol. The molecule has 8 heteroatoms. The Balaban J connectivity index is 2.33. The van der Waals surface area contributed by atoms with Crippen LogP contribution in [0.15, 0.2) is 18.2 Å². The third kappa shape index (κ3) is 4.27. The summed E-state index contributed by atoms with van der Waals surface area (Å²) < 4.78 is 12.1. The van der Waals surface area contributed by atoms with E-state index < -0.39 is 0 Å². The number of amides is 1. The Morgan fingerprint density at radius 1 is 1.33 bits per heavy atom. The van der Waals surface area contributed by atoms with Gasteiger partial charge < -0.3 is 14.8 Å². The van der Waals surface area contributed by atoms with E-state index in [1.54, 1.807) is 7.11 Å². The van der Waals surface area contributed by atoms with Crippen molar-refractivity contribution in [1.29, 1.82) is 0 Å². The summed E-state index contributed by atoms with van der Waals surface area (Å²) >= 11 is 6.40. The number of thiophene rings is 1. The number of hydrazine groups is 1. The Morgan fingerprint density at radius 3 is 2.71 bits per heavy atom. The van der Waals surface area contributed by atoms with Crippen molar-refractivity contribution in [2.75, 3.05) is 13.7 Å². The van der Waals surface area contributed by atoms with Gasteiger partial charge in [0, 0.05) is 16.6 Å². The molecule has 0 saturated carbocycles. The van der Waals surface area contributed by atoms with Crippen LogP contribution in [0.25, 0.3) is 10.1 Å². The van der Waals surface area contributed by atoms with Crippen LogP contribution in [0.1, 0.15) is 30.4 Å². The zero-order chi connectivity index (χ0) is 17.7. The minimum atomic E-state index is -0.300. The van der Waals surface area contributed by atoms with E-state index in [1.807, 2.05) is 39.0 Å². The third-order valence-corrected chi connectivity index (χ3v) is 4.43. The van der Waals surface area contributed by atoms with Gasteiger partial charge in [-0.05, 0) is 51.2 Å². The summed E-state index contributed by atoms with van der Waals surface area (Å²) in [4.78, 5) is 13.0. The largest absolute Gasteiger partial charge is 0.497 e. The summed E-state index contributed by atoms with van der Waals surface area (Å²) in [5.74, 6) is 0.968. The van der Waals surface area contributed by atoms with E-state index in [2.05, 4.69) is 16.2 Å². The predicted octanol–water partition coefficient (Wildman–Crippen LogP) is 2.83. The zero-order valence-corrected chi connectivity index (χ0v) is 15.7. The predicted molar refractivity (Wildman–Crippen MR) is 101 cm³/mol. The Hall–Kier alpha value is -2.06. The van der Waals surface area contributed by atoms with Crippen LogP contribution < -0.4 is 25.6 Å². The van der Waals surface area contributed by atoms with Gasteiger partial charge >= 0.3 is 0 Å². The fourth-order valence-electron chi connectivity index (χ4n) is 2.06. The van der Waals surface area contributed by atoms with E-state index in [-0.39, 0.29) is 12.0 Å². The Labute approximate surface area is 150 Å². The summed E-state index contributed by atoms with van der Waals surface area (Å²) in [7, 11) is 1.61. The van der Waals surface area contributed by atoms with Gasteiger partial charge in [0.05, 0.1) is 13.2 Å². The summed E-state index contributed by atoms with van der Waals surface area (Å²) in [5.41, 5.74) is 5.27. The highest BCUT2D eigenvalue weighted by molar-refractivity contribution is 7.80. The highest BCUT2D eigenvalue weighted by Gasteiger charge is 2.21. The summed E-state index contributed by atoms with van der Waals surface area (Å²) in [6, 6.07) is 5.65. The lowest BCUT2D eigenvalue weighted by Crippen LogP contribution is -2.46. The van der Waals surface area contributed by atoms with Gasteiger partial charge in [-0.15, -0.1) is 11.3 Å². The molecule has 1 heterocycles. The van der Waals surface area contributed by atoms with Gasteiger partial charge in [0.1, 0.15) is 10.6 Å². The fraction of sp³-hybridized carbons (Fsp3) is 0.375. The number of rotatable bonds is 5. The van der Waals surface area contributed by atoms with Gasteiger partial charge in [0.25, 0.3) is 5.91 Å². The molecule has 0 fully saturated rings. The molecule has 1 amide bonds. The molecule has 0 spiro atoms. The van der Waals surface area contributed by atoms with Crippen LogP contribution in [-0.2, 0) is 0 Å². The molecule has 0 aliphatic rings. The van der Waals surface area contributed by atoms with Crippen molar-refractivity contribution in [1.82, 2.24) is 16.2 Å². The number of methoxy groups -OCH3 is 1. The van der Waals surface area contributed by atoms with Crippen molar-refractivity contribution < 1.29 is 14.3 Å². The number of fused-ring (bicyclic) bond motifs is 1. The molecule has 0 atom stereocenters. The minimum Gasteiger partial charge on any atom is -0.497 e. The van der Waals surface area contributed by atoms with Crippen LogP contribution in [0.5, 0.6) is 11.5 Å². The molecule has 0 bridgehead atoms. The second-order valence-electron chi connectivity index (χ2n) is 5.23. The number of thiocarbonyl (C=S) groups is 1. The van der Waals surface area contributed by atoms with Gasteiger partial charge in [-0.25, -0.2) is 0 Å². The minimum absolute atomic E-state index is 0.0589. The van der Waals surface area contributed by atoms with E-state index in [4.69, 9.17) is 21.7 Å². The van der Waals surface area contributed by atoms with Gasteiger partial charge in [-0.2, -0.15) is 0 Å². The molecule has 0 unspecified atom stereocenters. The lowest BCUT2D eigenvalue weighted by atomic mass is 10.2. The van der Waals surface area contributed by atoms with Gasteiger partial charge in [-0.1, -0.05) is 0 Å². The molecule has 0 aliphatic carbocycles. The molecule has 1 aromatic heterocycles. The summed E-state index contributed by atoms with van der Waals surface area (Å²) in [6.45, 7) is 6.43. The van der Waals surface area contributed by atoms with Crippen molar-refractivity contribution in [2.45, 2.75) is 26.9 Å². The smallest absolute Gasteiger partial charge is 0.283 e. The molecule has 0 radical (unpaired) electrons. The lowest BCUT2D eigenvalue weighted by Gasteiger charge is -2.13.